The zero-order chi connectivity index (χ0) is 8.97. The normalized spacial score (nSPS) is 12.6. The molecule has 0 spiro atoms. The first-order chi connectivity index (χ1) is 5.72. The Bertz CT molecular complexity index is 230. The molecule has 0 aliphatic rings. The van der Waals surface area contributed by atoms with Crippen LogP contribution in [0.2, 0.25) is 0 Å². The molecule has 2 heteroatoms. The maximum atomic E-state index is 12.5. The van der Waals surface area contributed by atoms with Crippen LogP contribution in [0.1, 0.15) is 20.3 Å². The third-order valence-electron chi connectivity index (χ3n) is 1.73. The molecular formula is C10H13FO. The molecule has 0 fully saturated rings. The summed E-state index contributed by atoms with van der Waals surface area (Å²) in [6.45, 7) is 4.04. The Morgan fingerprint density at radius 1 is 1.33 bits per heavy atom. The van der Waals surface area contributed by atoms with Crippen molar-refractivity contribution < 1.29 is 9.13 Å². The summed E-state index contributed by atoms with van der Waals surface area (Å²) in [4.78, 5) is 0. The van der Waals surface area contributed by atoms with Gasteiger partial charge in [-0.3, -0.25) is 0 Å². The standard InChI is InChI=1S/C10H13FO/c1-3-8(2)12-10-6-4-9(11)5-7-10/h4-8H,3H2,1-2H3. The summed E-state index contributed by atoms with van der Waals surface area (Å²) in [7, 11) is 0. The number of hydrogen-bond acceptors (Lipinski definition) is 1. The number of hydrogen-bond donors (Lipinski definition) is 0. The second-order valence-corrected chi connectivity index (χ2v) is 2.79. The van der Waals surface area contributed by atoms with E-state index in [4.69, 9.17) is 4.74 Å². The highest BCUT2D eigenvalue weighted by atomic mass is 19.1. The summed E-state index contributed by atoms with van der Waals surface area (Å²) in [5.74, 6) is 0.497. The van der Waals surface area contributed by atoms with Gasteiger partial charge in [0.2, 0.25) is 0 Å². The third kappa shape index (κ3) is 2.53. The van der Waals surface area contributed by atoms with Crippen LogP contribution in [0.5, 0.6) is 5.75 Å². The van der Waals surface area contributed by atoms with Crippen LogP contribution < -0.4 is 4.74 Å². The van der Waals surface area contributed by atoms with Crippen molar-refractivity contribution in [2.75, 3.05) is 0 Å². The number of halogens is 1. The molecule has 0 amide bonds. The lowest BCUT2D eigenvalue weighted by atomic mass is 10.3. The molecule has 0 aliphatic heterocycles. The van der Waals surface area contributed by atoms with Crippen LogP contribution in [-0.2, 0) is 0 Å². The van der Waals surface area contributed by atoms with Crippen LogP contribution in [-0.4, -0.2) is 6.10 Å². The fraction of sp³-hybridized carbons (Fsp3) is 0.400. The lowest BCUT2D eigenvalue weighted by Crippen LogP contribution is -2.09. The van der Waals surface area contributed by atoms with Crippen molar-refractivity contribution in [3.05, 3.63) is 30.1 Å². The second-order valence-electron chi connectivity index (χ2n) is 2.79. The fourth-order valence-electron chi connectivity index (χ4n) is 0.829. The molecule has 0 aliphatic carbocycles. The Kier molecular flexibility index (Phi) is 3.09. The number of ether oxygens (including phenoxy) is 1. The zero-order valence-corrected chi connectivity index (χ0v) is 7.38. The molecule has 1 aromatic rings. The average molecular weight is 168 g/mol. The van der Waals surface area contributed by atoms with Gasteiger partial charge < -0.3 is 4.74 Å². The predicted molar refractivity (Wildman–Crippen MR) is 46.8 cm³/mol. The van der Waals surface area contributed by atoms with Crippen LogP contribution in [0.4, 0.5) is 4.39 Å². The molecule has 1 aromatic carbocycles. The van der Waals surface area contributed by atoms with Gasteiger partial charge in [0, 0.05) is 0 Å². The van der Waals surface area contributed by atoms with Crippen LogP contribution in [0.25, 0.3) is 0 Å². The highest BCUT2D eigenvalue weighted by Crippen LogP contribution is 2.13. The van der Waals surface area contributed by atoms with E-state index in [-0.39, 0.29) is 11.9 Å². The van der Waals surface area contributed by atoms with Crippen molar-refractivity contribution in [1.82, 2.24) is 0 Å². The van der Waals surface area contributed by atoms with Crippen molar-refractivity contribution >= 4 is 0 Å². The molecule has 0 bridgehead atoms. The Morgan fingerprint density at radius 2 is 1.92 bits per heavy atom. The van der Waals surface area contributed by atoms with E-state index in [0.717, 1.165) is 12.2 Å². The Morgan fingerprint density at radius 3 is 2.42 bits per heavy atom. The Hall–Kier alpha value is -1.05. The van der Waals surface area contributed by atoms with Crippen LogP contribution >= 0.6 is 0 Å². The third-order valence-corrected chi connectivity index (χ3v) is 1.73. The summed E-state index contributed by atoms with van der Waals surface area (Å²) < 4.78 is 17.9. The summed E-state index contributed by atoms with van der Waals surface area (Å²) in [5, 5.41) is 0. The highest BCUT2D eigenvalue weighted by Gasteiger charge is 1.99. The molecule has 0 saturated carbocycles. The molecule has 0 saturated heterocycles. The molecule has 1 rings (SSSR count). The van der Waals surface area contributed by atoms with Gasteiger partial charge in [-0.2, -0.15) is 0 Å². The topological polar surface area (TPSA) is 9.23 Å². The summed E-state index contributed by atoms with van der Waals surface area (Å²) in [5.41, 5.74) is 0. The van der Waals surface area contributed by atoms with Crippen molar-refractivity contribution in [2.45, 2.75) is 26.4 Å². The molecule has 1 atom stereocenters. The fourth-order valence-corrected chi connectivity index (χ4v) is 0.829. The molecule has 0 N–H and O–H groups in total. The van der Waals surface area contributed by atoms with Crippen LogP contribution in [0.15, 0.2) is 24.3 Å². The van der Waals surface area contributed by atoms with Gasteiger partial charge in [-0.1, -0.05) is 6.92 Å². The van der Waals surface area contributed by atoms with Gasteiger partial charge in [-0.05, 0) is 37.6 Å². The minimum atomic E-state index is -0.230. The first-order valence-corrected chi connectivity index (χ1v) is 4.14. The van der Waals surface area contributed by atoms with Gasteiger partial charge in [0.05, 0.1) is 6.10 Å². The average Bonchev–Trinajstić information content (AvgIpc) is 2.09. The monoisotopic (exact) mass is 168 g/mol. The predicted octanol–water partition coefficient (Wildman–Crippen LogP) is 3.00. The van der Waals surface area contributed by atoms with Crippen LogP contribution in [0.3, 0.4) is 0 Å². The minimum Gasteiger partial charge on any atom is -0.491 e. The maximum Gasteiger partial charge on any atom is 0.123 e. The number of benzene rings is 1. The number of rotatable bonds is 3. The molecule has 1 nitrogen and oxygen atoms in total. The summed E-state index contributed by atoms with van der Waals surface area (Å²) >= 11 is 0. The molecule has 0 radical (unpaired) electrons. The van der Waals surface area contributed by atoms with Crippen molar-refractivity contribution in [2.24, 2.45) is 0 Å². The van der Waals surface area contributed by atoms with Gasteiger partial charge in [0.1, 0.15) is 11.6 Å². The van der Waals surface area contributed by atoms with Gasteiger partial charge >= 0.3 is 0 Å². The maximum absolute atomic E-state index is 12.5. The largest absolute Gasteiger partial charge is 0.491 e. The quantitative estimate of drug-likeness (QED) is 0.674. The lowest BCUT2D eigenvalue weighted by Gasteiger charge is -2.11. The van der Waals surface area contributed by atoms with E-state index < -0.39 is 0 Å². The van der Waals surface area contributed by atoms with Gasteiger partial charge in [-0.25, -0.2) is 4.39 Å². The molecule has 0 heterocycles. The summed E-state index contributed by atoms with van der Waals surface area (Å²) in [6, 6.07) is 6.08. The first-order valence-electron chi connectivity index (χ1n) is 4.14. The van der Waals surface area contributed by atoms with E-state index in [1.807, 2.05) is 13.8 Å². The Balaban J connectivity index is 2.58. The van der Waals surface area contributed by atoms with Crippen LogP contribution in [0, 0.1) is 5.82 Å². The lowest BCUT2D eigenvalue weighted by molar-refractivity contribution is 0.217. The zero-order valence-electron chi connectivity index (χ0n) is 7.38. The SMILES string of the molecule is CCC(C)Oc1ccc(F)cc1. The highest BCUT2D eigenvalue weighted by molar-refractivity contribution is 5.22. The second kappa shape index (κ2) is 4.10. The molecular weight excluding hydrogens is 155 g/mol. The van der Waals surface area contributed by atoms with Crippen molar-refractivity contribution in [3.63, 3.8) is 0 Å². The minimum absolute atomic E-state index is 0.190. The van der Waals surface area contributed by atoms with Crippen molar-refractivity contribution in [1.29, 1.82) is 0 Å². The molecule has 12 heavy (non-hydrogen) atoms. The smallest absolute Gasteiger partial charge is 0.123 e. The first kappa shape index (κ1) is 9.04. The van der Waals surface area contributed by atoms with E-state index in [2.05, 4.69) is 0 Å². The summed E-state index contributed by atoms with van der Waals surface area (Å²) in [6.07, 6.45) is 1.15. The van der Waals surface area contributed by atoms with Gasteiger partial charge in [-0.15, -0.1) is 0 Å². The molecule has 1 unspecified atom stereocenters. The van der Waals surface area contributed by atoms with E-state index in [1.54, 1.807) is 12.1 Å². The van der Waals surface area contributed by atoms with Crippen molar-refractivity contribution in [3.8, 4) is 5.75 Å². The molecule has 66 valence electrons. The molecule has 0 aromatic heterocycles. The van der Waals surface area contributed by atoms with Gasteiger partial charge in [0.25, 0.3) is 0 Å². The van der Waals surface area contributed by atoms with E-state index >= 15 is 0 Å². The van der Waals surface area contributed by atoms with E-state index in [1.165, 1.54) is 12.1 Å². The van der Waals surface area contributed by atoms with Gasteiger partial charge in [0.15, 0.2) is 0 Å². The van der Waals surface area contributed by atoms with E-state index in [9.17, 15) is 4.39 Å². The van der Waals surface area contributed by atoms with E-state index in [0.29, 0.717) is 0 Å². The Labute approximate surface area is 72.2 Å².